The summed E-state index contributed by atoms with van der Waals surface area (Å²) in [6, 6.07) is 16.5. The SMILES string of the molecule is Cc1ccc(CNc2nncc(Nc3ccc(N(C)C)cc3)n2)cc1. The molecule has 6 heteroatoms. The van der Waals surface area contributed by atoms with Gasteiger partial charge in [-0.1, -0.05) is 29.8 Å². The minimum atomic E-state index is 0.496. The standard InChI is InChI=1S/C19H22N6/c1-14-4-6-15(7-5-14)12-20-19-23-18(13-21-24-19)22-16-8-10-17(11-9-16)25(2)3/h4-11,13H,12H2,1-3H3,(H2,20,22,23,24). The second-order valence-corrected chi connectivity index (χ2v) is 6.07. The van der Waals surface area contributed by atoms with E-state index >= 15 is 0 Å². The molecule has 0 fully saturated rings. The number of anilines is 4. The summed E-state index contributed by atoms with van der Waals surface area (Å²) in [6.45, 7) is 2.73. The van der Waals surface area contributed by atoms with Crippen molar-refractivity contribution in [2.45, 2.75) is 13.5 Å². The summed E-state index contributed by atoms with van der Waals surface area (Å²) in [5.74, 6) is 1.15. The third kappa shape index (κ3) is 4.67. The molecular formula is C19H22N6. The fourth-order valence-electron chi connectivity index (χ4n) is 2.32. The Morgan fingerprint density at radius 2 is 1.68 bits per heavy atom. The van der Waals surface area contributed by atoms with Gasteiger partial charge in [-0.3, -0.25) is 0 Å². The Balaban J connectivity index is 1.63. The molecule has 0 unspecified atom stereocenters. The summed E-state index contributed by atoms with van der Waals surface area (Å²) in [5.41, 5.74) is 4.52. The van der Waals surface area contributed by atoms with Gasteiger partial charge in [-0.05, 0) is 36.8 Å². The Morgan fingerprint density at radius 1 is 0.960 bits per heavy atom. The van der Waals surface area contributed by atoms with Crippen LogP contribution in [-0.2, 0) is 6.54 Å². The van der Waals surface area contributed by atoms with Crippen LogP contribution in [0.4, 0.5) is 23.1 Å². The van der Waals surface area contributed by atoms with Gasteiger partial charge in [-0.15, -0.1) is 5.10 Å². The highest BCUT2D eigenvalue weighted by Crippen LogP contribution is 2.19. The van der Waals surface area contributed by atoms with Crippen molar-refractivity contribution in [2.75, 3.05) is 29.6 Å². The Kier molecular flexibility index (Phi) is 5.09. The molecule has 6 nitrogen and oxygen atoms in total. The van der Waals surface area contributed by atoms with E-state index in [2.05, 4.69) is 61.9 Å². The van der Waals surface area contributed by atoms with Crippen LogP contribution in [0, 0.1) is 6.92 Å². The van der Waals surface area contributed by atoms with Crippen molar-refractivity contribution in [3.63, 3.8) is 0 Å². The predicted molar refractivity (Wildman–Crippen MR) is 102 cm³/mol. The maximum atomic E-state index is 4.45. The lowest BCUT2D eigenvalue weighted by molar-refractivity contribution is 0.948. The monoisotopic (exact) mass is 334 g/mol. The zero-order chi connectivity index (χ0) is 17.6. The highest BCUT2D eigenvalue weighted by atomic mass is 15.3. The molecule has 2 aromatic carbocycles. The van der Waals surface area contributed by atoms with E-state index in [0.717, 1.165) is 11.4 Å². The van der Waals surface area contributed by atoms with Gasteiger partial charge in [0.05, 0.1) is 6.20 Å². The molecule has 0 aliphatic carbocycles. The van der Waals surface area contributed by atoms with Crippen LogP contribution in [0.2, 0.25) is 0 Å². The topological polar surface area (TPSA) is 66.0 Å². The van der Waals surface area contributed by atoms with Crippen LogP contribution in [0.1, 0.15) is 11.1 Å². The van der Waals surface area contributed by atoms with Gasteiger partial charge in [-0.2, -0.15) is 10.1 Å². The average Bonchev–Trinajstić information content (AvgIpc) is 2.62. The average molecular weight is 334 g/mol. The van der Waals surface area contributed by atoms with Gasteiger partial charge in [0.15, 0.2) is 5.82 Å². The fraction of sp³-hybridized carbons (Fsp3) is 0.211. The van der Waals surface area contributed by atoms with Gasteiger partial charge >= 0.3 is 0 Å². The molecule has 0 amide bonds. The van der Waals surface area contributed by atoms with Crippen molar-refractivity contribution in [1.29, 1.82) is 0 Å². The molecule has 0 aliphatic heterocycles. The minimum absolute atomic E-state index is 0.496. The van der Waals surface area contributed by atoms with Crippen molar-refractivity contribution in [2.24, 2.45) is 0 Å². The molecule has 0 saturated carbocycles. The summed E-state index contributed by atoms with van der Waals surface area (Å²) < 4.78 is 0. The van der Waals surface area contributed by atoms with E-state index in [1.807, 2.05) is 38.4 Å². The number of hydrogen-bond donors (Lipinski definition) is 2. The first kappa shape index (κ1) is 16.7. The van der Waals surface area contributed by atoms with E-state index in [9.17, 15) is 0 Å². The first-order chi connectivity index (χ1) is 12.1. The van der Waals surface area contributed by atoms with Crippen molar-refractivity contribution in [1.82, 2.24) is 15.2 Å². The van der Waals surface area contributed by atoms with E-state index in [-0.39, 0.29) is 0 Å². The predicted octanol–water partition coefficient (Wildman–Crippen LogP) is 3.60. The smallest absolute Gasteiger partial charge is 0.244 e. The van der Waals surface area contributed by atoms with Crippen molar-refractivity contribution >= 4 is 23.1 Å². The molecule has 0 spiro atoms. The zero-order valence-corrected chi connectivity index (χ0v) is 14.7. The molecule has 2 N–H and O–H groups in total. The van der Waals surface area contributed by atoms with E-state index in [1.165, 1.54) is 11.1 Å². The molecule has 0 aliphatic rings. The summed E-state index contributed by atoms with van der Waals surface area (Å²) in [7, 11) is 4.03. The number of nitrogens with zero attached hydrogens (tertiary/aromatic N) is 4. The number of benzene rings is 2. The maximum Gasteiger partial charge on any atom is 0.244 e. The minimum Gasteiger partial charge on any atom is -0.378 e. The third-order valence-corrected chi connectivity index (χ3v) is 3.79. The number of hydrogen-bond acceptors (Lipinski definition) is 6. The van der Waals surface area contributed by atoms with Crippen LogP contribution in [0.25, 0.3) is 0 Å². The Morgan fingerprint density at radius 3 is 2.36 bits per heavy atom. The molecule has 3 rings (SSSR count). The first-order valence-electron chi connectivity index (χ1n) is 8.14. The fourth-order valence-corrected chi connectivity index (χ4v) is 2.32. The van der Waals surface area contributed by atoms with Crippen LogP contribution in [0.3, 0.4) is 0 Å². The van der Waals surface area contributed by atoms with Gasteiger partial charge in [0.2, 0.25) is 5.95 Å². The van der Waals surface area contributed by atoms with E-state index < -0.39 is 0 Å². The number of aryl methyl sites for hydroxylation is 1. The molecule has 25 heavy (non-hydrogen) atoms. The Bertz CT molecular complexity index is 812. The van der Waals surface area contributed by atoms with Crippen LogP contribution >= 0.6 is 0 Å². The second kappa shape index (κ2) is 7.61. The van der Waals surface area contributed by atoms with Crippen molar-refractivity contribution in [3.05, 3.63) is 65.9 Å². The zero-order valence-electron chi connectivity index (χ0n) is 14.7. The van der Waals surface area contributed by atoms with Crippen molar-refractivity contribution in [3.8, 4) is 0 Å². The molecule has 1 aromatic heterocycles. The molecule has 3 aromatic rings. The molecular weight excluding hydrogens is 312 g/mol. The second-order valence-electron chi connectivity index (χ2n) is 6.07. The van der Waals surface area contributed by atoms with Crippen molar-refractivity contribution < 1.29 is 0 Å². The van der Waals surface area contributed by atoms with Crippen LogP contribution in [-0.4, -0.2) is 29.3 Å². The Hall–Kier alpha value is -3.15. The highest BCUT2D eigenvalue weighted by Gasteiger charge is 2.02. The summed E-state index contributed by atoms with van der Waals surface area (Å²) in [4.78, 5) is 6.51. The largest absolute Gasteiger partial charge is 0.378 e. The van der Waals surface area contributed by atoms with Gasteiger partial charge in [0.25, 0.3) is 0 Å². The number of aromatic nitrogens is 3. The quantitative estimate of drug-likeness (QED) is 0.718. The van der Waals surface area contributed by atoms with Crippen LogP contribution in [0.15, 0.2) is 54.7 Å². The molecule has 0 saturated heterocycles. The lowest BCUT2D eigenvalue weighted by atomic mass is 10.1. The molecule has 1 heterocycles. The third-order valence-electron chi connectivity index (χ3n) is 3.79. The lowest BCUT2D eigenvalue weighted by Gasteiger charge is -2.13. The van der Waals surface area contributed by atoms with Gasteiger partial charge in [-0.25, -0.2) is 0 Å². The van der Waals surface area contributed by atoms with Gasteiger partial charge in [0.1, 0.15) is 0 Å². The molecule has 0 bridgehead atoms. The molecule has 0 radical (unpaired) electrons. The summed E-state index contributed by atoms with van der Waals surface area (Å²) in [6.07, 6.45) is 1.61. The highest BCUT2D eigenvalue weighted by molar-refractivity contribution is 5.60. The maximum absolute atomic E-state index is 4.45. The normalized spacial score (nSPS) is 10.4. The molecule has 0 atom stereocenters. The number of nitrogens with one attached hydrogen (secondary N) is 2. The molecule has 128 valence electrons. The van der Waals surface area contributed by atoms with Crippen LogP contribution < -0.4 is 15.5 Å². The van der Waals surface area contributed by atoms with E-state index in [0.29, 0.717) is 18.3 Å². The first-order valence-corrected chi connectivity index (χ1v) is 8.14. The van der Waals surface area contributed by atoms with E-state index in [4.69, 9.17) is 0 Å². The van der Waals surface area contributed by atoms with E-state index in [1.54, 1.807) is 6.20 Å². The summed E-state index contributed by atoms with van der Waals surface area (Å²) in [5, 5.41) is 14.5. The Labute approximate surface area is 147 Å². The van der Waals surface area contributed by atoms with Gasteiger partial charge in [0, 0.05) is 32.0 Å². The van der Waals surface area contributed by atoms with Crippen LogP contribution in [0.5, 0.6) is 0 Å². The van der Waals surface area contributed by atoms with Gasteiger partial charge < -0.3 is 15.5 Å². The number of rotatable bonds is 6. The summed E-state index contributed by atoms with van der Waals surface area (Å²) >= 11 is 0. The lowest BCUT2D eigenvalue weighted by Crippen LogP contribution is -2.08.